The van der Waals surface area contributed by atoms with E-state index in [-0.39, 0.29) is 24.3 Å². The summed E-state index contributed by atoms with van der Waals surface area (Å²) in [6, 6.07) is 9.65. The minimum atomic E-state index is -3.92. The van der Waals surface area contributed by atoms with Crippen molar-refractivity contribution in [1.29, 1.82) is 0 Å². The summed E-state index contributed by atoms with van der Waals surface area (Å²) in [5.74, 6) is -0.0584. The molecule has 0 aliphatic rings. The summed E-state index contributed by atoms with van der Waals surface area (Å²) in [6.07, 6.45) is 2.97. The van der Waals surface area contributed by atoms with Gasteiger partial charge in [-0.25, -0.2) is 13.2 Å². The summed E-state index contributed by atoms with van der Waals surface area (Å²) in [5.41, 5.74) is 1.07. The molecule has 0 atom stereocenters. The van der Waals surface area contributed by atoms with E-state index in [9.17, 15) is 14.4 Å². The monoisotopic (exact) mass is 453 g/mol. The van der Waals surface area contributed by atoms with E-state index in [1.807, 2.05) is 0 Å². The third-order valence-corrected chi connectivity index (χ3v) is 3.22. The van der Waals surface area contributed by atoms with E-state index in [4.69, 9.17) is 22.4 Å². The minimum absolute atomic E-state index is 0.0998. The first-order chi connectivity index (χ1) is 14.3. The summed E-state index contributed by atoms with van der Waals surface area (Å²) in [4.78, 5) is 36.1. The Balaban J connectivity index is 0.000000861. The van der Waals surface area contributed by atoms with Gasteiger partial charge in [0.05, 0.1) is 10.1 Å². The third-order valence-electron chi connectivity index (χ3n) is 3.22. The summed E-state index contributed by atoms with van der Waals surface area (Å²) >= 11 is 0. The van der Waals surface area contributed by atoms with Crippen molar-refractivity contribution in [2.75, 3.05) is 25.7 Å². The highest BCUT2D eigenvalue weighted by atomic mass is 32.2. The van der Waals surface area contributed by atoms with Gasteiger partial charge in [0.15, 0.2) is 12.4 Å². The molecule has 11 nitrogen and oxygen atoms in total. The van der Waals surface area contributed by atoms with Crippen LogP contribution in [0.1, 0.15) is 17.3 Å². The summed E-state index contributed by atoms with van der Waals surface area (Å²) in [6.45, 7) is 1.30. The van der Waals surface area contributed by atoms with Gasteiger partial charge in [-0.3, -0.25) is 9.59 Å². The molecule has 12 heteroatoms. The number of hydrogen-bond donors (Lipinski definition) is 1. The molecule has 0 spiro atoms. The fourth-order valence-corrected chi connectivity index (χ4v) is 2.05. The second kappa shape index (κ2) is 11.6. The van der Waals surface area contributed by atoms with Crippen LogP contribution in [-0.2, 0) is 26.4 Å². The lowest BCUT2D eigenvalue weighted by atomic mass is 10.2. The van der Waals surface area contributed by atoms with Crippen molar-refractivity contribution in [3.05, 3.63) is 54.4 Å². The number of nitrogens with one attached hydrogen (secondary N) is 1. The predicted molar refractivity (Wildman–Crippen MR) is 108 cm³/mol. The number of benzene rings is 1. The molecule has 0 aliphatic heterocycles. The number of hydrogen-bond acceptors (Lipinski definition) is 8. The predicted octanol–water partition coefficient (Wildman–Crippen LogP) is 0.969. The standard InChI is InChI=1S/C18H19N3O5.CH4O3S/c1-13(22)19-15-6-8-16(9-7-15)26-18(24)25-12-21-10-4-5-14(11-21)17(23)20(2)3;1-5(2,3)4/h4-11H,12H2,1-3H3;1H3,(H,2,3,4). The molecule has 0 unspecified atom stereocenters. The van der Waals surface area contributed by atoms with Gasteiger partial charge in [-0.2, -0.15) is 4.57 Å². The van der Waals surface area contributed by atoms with Gasteiger partial charge in [-0.1, -0.05) is 0 Å². The van der Waals surface area contributed by atoms with Crippen LogP contribution in [0.3, 0.4) is 0 Å². The fourth-order valence-electron chi connectivity index (χ4n) is 2.05. The van der Waals surface area contributed by atoms with Crippen LogP contribution in [0.5, 0.6) is 5.75 Å². The molecule has 168 valence electrons. The van der Waals surface area contributed by atoms with Gasteiger partial charge in [-0.05, 0) is 30.3 Å². The molecular formula is C19H23N3O8S. The molecule has 0 aliphatic carbocycles. The third kappa shape index (κ3) is 11.3. The Kier molecular flexibility index (Phi) is 9.57. The number of anilines is 1. The maximum absolute atomic E-state index is 11.9. The molecule has 1 aromatic carbocycles. The Hall–Kier alpha value is -3.51. The second-order valence-corrected chi connectivity index (χ2v) is 7.75. The van der Waals surface area contributed by atoms with Gasteiger partial charge >= 0.3 is 6.16 Å². The van der Waals surface area contributed by atoms with Gasteiger partial charge in [0, 0.05) is 39.0 Å². The largest absolute Gasteiger partial charge is 0.748 e. The van der Waals surface area contributed by atoms with Crippen LogP contribution >= 0.6 is 0 Å². The molecule has 0 fully saturated rings. The van der Waals surface area contributed by atoms with Crippen LogP contribution in [0.4, 0.5) is 10.5 Å². The Labute approximate surface area is 179 Å². The van der Waals surface area contributed by atoms with E-state index < -0.39 is 16.3 Å². The first-order valence-electron chi connectivity index (χ1n) is 8.69. The topological polar surface area (TPSA) is 146 Å². The van der Waals surface area contributed by atoms with E-state index in [2.05, 4.69) is 5.32 Å². The molecular weight excluding hydrogens is 430 g/mol. The normalized spacial score (nSPS) is 10.2. The van der Waals surface area contributed by atoms with E-state index in [1.165, 1.54) is 24.0 Å². The molecule has 1 heterocycles. The van der Waals surface area contributed by atoms with E-state index >= 15 is 0 Å². The number of amides is 2. The quantitative estimate of drug-likeness (QED) is 0.305. The van der Waals surface area contributed by atoms with Crippen LogP contribution in [0.25, 0.3) is 0 Å². The van der Waals surface area contributed by atoms with E-state index in [0.29, 0.717) is 17.5 Å². The highest BCUT2D eigenvalue weighted by Gasteiger charge is 2.14. The Morgan fingerprint density at radius 3 is 2.23 bits per heavy atom. The molecule has 0 saturated heterocycles. The number of pyridine rings is 1. The summed E-state index contributed by atoms with van der Waals surface area (Å²) in [7, 11) is -0.602. The van der Waals surface area contributed by atoms with E-state index in [1.54, 1.807) is 55.3 Å². The van der Waals surface area contributed by atoms with Gasteiger partial charge in [0.25, 0.3) is 12.6 Å². The van der Waals surface area contributed by atoms with Gasteiger partial charge in [-0.15, -0.1) is 0 Å². The van der Waals surface area contributed by atoms with Crippen molar-refractivity contribution in [2.24, 2.45) is 0 Å². The molecule has 2 amide bonds. The molecule has 2 aromatic rings. The molecule has 1 N–H and O–H groups in total. The smallest absolute Gasteiger partial charge is 0.518 e. The average molecular weight is 453 g/mol. The maximum Gasteiger partial charge on any atom is 0.518 e. The Morgan fingerprint density at radius 1 is 1.13 bits per heavy atom. The number of rotatable bonds is 5. The van der Waals surface area contributed by atoms with E-state index in [0.717, 1.165) is 0 Å². The lowest BCUT2D eigenvalue weighted by Crippen LogP contribution is -2.37. The minimum Gasteiger partial charge on any atom is -0.748 e. The summed E-state index contributed by atoms with van der Waals surface area (Å²) in [5, 5.41) is 2.61. The zero-order chi connectivity index (χ0) is 23.6. The molecule has 1 aromatic heterocycles. The van der Waals surface area contributed by atoms with Gasteiger partial charge in [0.1, 0.15) is 11.3 Å². The van der Waals surface area contributed by atoms with Crippen LogP contribution in [0.2, 0.25) is 0 Å². The lowest BCUT2D eigenvalue weighted by molar-refractivity contribution is -0.727. The molecule has 0 bridgehead atoms. The zero-order valence-corrected chi connectivity index (χ0v) is 18.2. The Bertz CT molecular complexity index is 1010. The molecule has 0 radical (unpaired) electrons. The lowest BCUT2D eigenvalue weighted by Gasteiger charge is -2.09. The van der Waals surface area contributed by atoms with Crippen LogP contribution in [0, 0.1) is 0 Å². The highest BCUT2D eigenvalue weighted by molar-refractivity contribution is 7.84. The number of carbonyl (C=O) groups is 3. The Morgan fingerprint density at radius 2 is 1.71 bits per heavy atom. The van der Waals surface area contributed by atoms with Crippen molar-refractivity contribution >= 4 is 33.8 Å². The van der Waals surface area contributed by atoms with Gasteiger partial charge in [0.2, 0.25) is 5.91 Å². The summed E-state index contributed by atoms with van der Waals surface area (Å²) < 4.78 is 38.9. The highest BCUT2D eigenvalue weighted by Crippen LogP contribution is 2.16. The van der Waals surface area contributed by atoms with Crippen LogP contribution in [0.15, 0.2) is 48.8 Å². The number of nitrogens with zero attached hydrogens (tertiary/aromatic N) is 2. The van der Waals surface area contributed by atoms with Crippen molar-refractivity contribution in [2.45, 2.75) is 13.7 Å². The van der Waals surface area contributed by atoms with Crippen molar-refractivity contribution < 1.29 is 41.4 Å². The van der Waals surface area contributed by atoms with Crippen molar-refractivity contribution in [1.82, 2.24) is 4.90 Å². The number of ether oxygens (including phenoxy) is 2. The molecule has 2 rings (SSSR count). The fraction of sp³-hybridized carbons (Fsp3) is 0.263. The SMILES string of the molecule is CC(=O)Nc1ccc(OC(=O)OC[n+]2cccc(C(=O)N(C)C)c2)cc1.CS(=O)(=O)[O-]. The number of carbonyl (C=O) groups excluding carboxylic acids is 3. The molecule has 0 saturated carbocycles. The number of aromatic nitrogens is 1. The zero-order valence-electron chi connectivity index (χ0n) is 17.4. The molecule has 31 heavy (non-hydrogen) atoms. The average Bonchev–Trinajstić information content (AvgIpc) is 2.66. The van der Waals surface area contributed by atoms with Crippen molar-refractivity contribution in [3.8, 4) is 5.75 Å². The van der Waals surface area contributed by atoms with Crippen LogP contribution < -0.4 is 14.6 Å². The van der Waals surface area contributed by atoms with Crippen LogP contribution in [-0.4, -0.2) is 56.2 Å². The maximum atomic E-state index is 11.9. The van der Waals surface area contributed by atoms with Crippen molar-refractivity contribution in [3.63, 3.8) is 0 Å². The first-order valence-corrected chi connectivity index (χ1v) is 10.5. The first kappa shape index (κ1) is 25.5. The van der Waals surface area contributed by atoms with Gasteiger partial charge < -0.3 is 24.2 Å². The second-order valence-electron chi connectivity index (χ2n) is 6.34.